The van der Waals surface area contributed by atoms with Gasteiger partial charge in [-0.05, 0) is 42.5 Å². The second kappa shape index (κ2) is 5.69. The van der Waals surface area contributed by atoms with E-state index in [2.05, 4.69) is 12.2 Å². The maximum Gasteiger partial charge on any atom is 0.419 e. The lowest BCUT2D eigenvalue weighted by atomic mass is 10.0. The van der Waals surface area contributed by atoms with Gasteiger partial charge in [-0.1, -0.05) is 13.0 Å². The summed E-state index contributed by atoms with van der Waals surface area (Å²) in [5, 5.41) is 3.16. The third kappa shape index (κ3) is 3.49. The highest BCUT2D eigenvalue weighted by atomic mass is 19.4. The second-order valence-electron chi connectivity index (χ2n) is 5.41. The first kappa shape index (κ1) is 15.3. The fraction of sp³-hybridized carbons (Fsp3) is 0.571. The highest BCUT2D eigenvalue weighted by Crippen LogP contribution is 2.37. The van der Waals surface area contributed by atoms with Gasteiger partial charge in [-0.25, -0.2) is 4.39 Å². The van der Waals surface area contributed by atoms with Crippen LogP contribution in [0.2, 0.25) is 0 Å². The SMILES string of the molecule is CC1CC1CNC(CN)c1ccc(F)c(C(F)(F)F)c1. The lowest BCUT2D eigenvalue weighted by molar-refractivity contribution is -0.140. The number of benzene rings is 1. The van der Waals surface area contributed by atoms with Crippen molar-refractivity contribution in [1.82, 2.24) is 5.32 Å². The zero-order valence-corrected chi connectivity index (χ0v) is 11.2. The molecular weight excluding hydrogens is 272 g/mol. The van der Waals surface area contributed by atoms with Crippen molar-refractivity contribution in [3.05, 3.63) is 35.1 Å². The van der Waals surface area contributed by atoms with Crippen molar-refractivity contribution in [3.63, 3.8) is 0 Å². The summed E-state index contributed by atoms with van der Waals surface area (Å²) in [6.07, 6.45) is -3.56. The number of alkyl halides is 3. The summed E-state index contributed by atoms with van der Waals surface area (Å²) in [5.41, 5.74) is 4.73. The minimum absolute atomic E-state index is 0.171. The van der Waals surface area contributed by atoms with Gasteiger partial charge in [0.2, 0.25) is 0 Å². The minimum Gasteiger partial charge on any atom is -0.329 e. The van der Waals surface area contributed by atoms with E-state index in [-0.39, 0.29) is 12.6 Å². The fourth-order valence-corrected chi connectivity index (χ4v) is 2.29. The van der Waals surface area contributed by atoms with Crippen molar-refractivity contribution in [1.29, 1.82) is 0 Å². The molecule has 0 spiro atoms. The number of rotatable bonds is 5. The Morgan fingerprint density at radius 2 is 2.05 bits per heavy atom. The molecule has 1 aromatic rings. The van der Waals surface area contributed by atoms with Gasteiger partial charge in [0.15, 0.2) is 0 Å². The molecule has 2 nitrogen and oxygen atoms in total. The zero-order chi connectivity index (χ0) is 14.9. The van der Waals surface area contributed by atoms with Crippen LogP contribution in [-0.4, -0.2) is 13.1 Å². The van der Waals surface area contributed by atoms with Gasteiger partial charge < -0.3 is 11.1 Å². The number of nitrogens with two attached hydrogens (primary N) is 1. The Bertz CT molecular complexity index is 473. The van der Waals surface area contributed by atoms with E-state index in [1.54, 1.807) is 0 Å². The minimum atomic E-state index is -4.69. The first-order valence-corrected chi connectivity index (χ1v) is 6.63. The zero-order valence-electron chi connectivity index (χ0n) is 11.2. The van der Waals surface area contributed by atoms with Crippen LogP contribution in [-0.2, 0) is 6.18 Å². The summed E-state index contributed by atoms with van der Waals surface area (Å²) in [4.78, 5) is 0. The first-order chi connectivity index (χ1) is 9.32. The number of nitrogens with one attached hydrogen (secondary N) is 1. The van der Waals surface area contributed by atoms with Crippen molar-refractivity contribution < 1.29 is 17.6 Å². The molecule has 0 bridgehead atoms. The van der Waals surface area contributed by atoms with Crippen LogP contribution in [0.1, 0.15) is 30.5 Å². The van der Waals surface area contributed by atoms with E-state index in [0.29, 0.717) is 17.4 Å². The van der Waals surface area contributed by atoms with Gasteiger partial charge in [0.05, 0.1) is 5.56 Å². The Hall–Kier alpha value is -1.14. The molecule has 6 heteroatoms. The molecule has 0 saturated heterocycles. The molecule has 0 amide bonds. The molecule has 0 aromatic heterocycles. The summed E-state index contributed by atoms with van der Waals surface area (Å²) in [5.74, 6) is -0.0423. The van der Waals surface area contributed by atoms with E-state index in [4.69, 9.17) is 5.73 Å². The number of hydrogen-bond donors (Lipinski definition) is 2. The lowest BCUT2D eigenvalue weighted by Crippen LogP contribution is -2.30. The predicted molar refractivity (Wildman–Crippen MR) is 68.5 cm³/mol. The third-order valence-corrected chi connectivity index (χ3v) is 3.84. The Kier molecular flexibility index (Phi) is 4.34. The third-order valence-electron chi connectivity index (χ3n) is 3.84. The summed E-state index contributed by atoms with van der Waals surface area (Å²) in [7, 11) is 0. The lowest BCUT2D eigenvalue weighted by Gasteiger charge is -2.19. The summed E-state index contributed by atoms with van der Waals surface area (Å²) in [6, 6.07) is 2.66. The highest BCUT2D eigenvalue weighted by molar-refractivity contribution is 5.29. The summed E-state index contributed by atoms with van der Waals surface area (Å²) >= 11 is 0. The average molecular weight is 290 g/mol. The molecule has 0 radical (unpaired) electrons. The molecule has 20 heavy (non-hydrogen) atoms. The molecule has 2 rings (SSSR count). The first-order valence-electron chi connectivity index (χ1n) is 6.63. The van der Waals surface area contributed by atoms with Crippen molar-refractivity contribution >= 4 is 0 Å². The van der Waals surface area contributed by atoms with Gasteiger partial charge in [0.25, 0.3) is 0 Å². The summed E-state index contributed by atoms with van der Waals surface area (Å²) in [6.45, 7) is 3.02. The quantitative estimate of drug-likeness (QED) is 0.818. The van der Waals surface area contributed by atoms with E-state index in [1.165, 1.54) is 6.07 Å². The van der Waals surface area contributed by atoms with Gasteiger partial charge in [0, 0.05) is 12.6 Å². The Morgan fingerprint density at radius 1 is 1.40 bits per heavy atom. The Morgan fingerprint density at radius 3 is 2.55 bits per heavy atom. The monoisotopic (exact) mass is 290 g/mol. The Labute approximate surface area is 115 Å². The van der Waals surface area contributed by atoms with E-state index in [1.807, 2.05) is 0 Å². The maximum absolute atomic E-state index is 13.2. The molecule has 1 aliphatic carbocycles. The van der Waals surface area contributed by atoms with Crippen molar-refractivity contribution in [3.8, 4) is 0 Å². The van der Waals surface area contributed by atoms with Gasteiger partial charge in [-0.3, -0.25) is 0 Å². The standard InChI is InChI=1S/C14H18F4N2/c1-8-4-10(8)7-20-13(6-19)9-2-3-12(15)11(5-9)14(16,17)18/h2-3,5,8,10,13,20H,4,6-7,19H2,1H3. The van der Waals surface area contributed by atoms with Crippen LogP contribution >= 0.6 is 0 Å². The topological polar surface area (TPSA) is 38.0 Å². The molecule has 112 valence electrons. The van der Waals surface area contributed by atoms with Crippen molar-refractivity contribution in [2.24, 2.45) is 17.6 Å². The van der Waals surface area contributed by atoms with E-state index >= 15 is 0 Å². The van der Waals surface area contributed by atoms with Gasteiger partial charge in [-0.2, -0.15) is 13.2 Å². The number of halogens is 4. The maximum atomic E-state index is 13.2. The molecule has 3 unspecified atom stereocenters. The fourth-order valence-electron chi connectivity index (χ4n) is 2.29. The van der Waals surface area contributed by atoms with Crippen molar-refractivity contribution in [2.75, 3.05) is 13.1 Å². The second-order valence-corrected chi connectivity index (χ2v) is 5.41. The molecule has 0 heterocycles. The van der Waals surface area contributed by atoms with Crippen molar-refractivity contribution in [2.45, 2.75) is 25.6 Å². The van der Waals surface area contributed by atoms with Gasteiger partial charge in [-0.15, -0.1) is 0 Å². The van der Waals surface area contributed by atoms with E-state index in [0.717, 1.165) is 25.1 Å². The van der Waals surface area contributed by atoms with Crippen LogP contribution in [0.15, 0.2) is 18.2 Å². The Balaban J connectivity index is 2.12. The molecule has 1 fully saturated rings. The van der Waals surface area contributed by atoms with Gasteiger partial charge in [0.1, 0.15) is 5.82 Å². The normalized spacial score (nSPS) is 23.7. The van der Waals surface area contributed by atoms with Crippen LogP contribution in [0, 0.1) is 17.7 Å². The van der Waals surface area contributed by atoms with Crippen LogP contribution in [0.5, 0.6) is 0 Å². The molecule has 3 N–H and O–H groups in total. The van der Waals surface area contributed by atoms with Crippen LogP contribution in [0.3, 0.4) is 0 Å². The van der Waals surface area contributed by atoms with Crippen LogP contribution in [0.4, 0.5) is 17.6 Å². The molecule has 0 aliphatic heterocycles. The van der Waals surface area contributed by atoms with E-state index < -0.39 is 17.6 Å². The molecule has 3 atom stereocenters. The predicted octanol–water partition coefficient (Wildman–Crippen LogP) is 3.09. The van der Waals surface area contributed by atoms with Crippen LogP contribution < -0.4 is 11.1 Å². The molecule has 1 aromatic carbocycles. The van der Waals surface area contributed by atoms with E-state index in [9.17, 15) is 17.6 Å². The molecular formula is C14H18F4N2. The average Bonchev–Trinajstić information content (AvgIpc) is 3.06. The largest absolute Gasteiger partial charge is 0.419 e. The smallest absolute Gasteiger partial charge is 0.329 e. The van der Waals surface area contributed by atoms with Crippen LogP contribution in [0.25, 0.3) is 0 Å². The summed E-state index contributed by atoms with van der Waals surface area (Å²) < 4.78 is 51.3. The molecule has 1 aliphatic rings. The van der Waals surface area contributed by atoms with Gasteiger partial charge >= 0.3 is 6.18 Å². The molecule has 1 saturated carbocycles. The highest BCUT2D eigenvalue weighted by Gasteiger charge is 2.35. The number of hydrogen-bond acceptors (Lipinski definition) is 2.